The summed E-state index contributed by atoms with van der Waals surface area (Å²) < 4.78 is 22.9. The number of rotatable bonds is 72. The molecular weight excluding hydrogens is 1110 g/mol. The van der Waals surface area contributed by atoms with Crippen molar-refractivity contribution in [3.8, 4) is 0 Å². The number of carbonyl (C=O) groups excluding carboxylic acids is 3. The van der Waals surface area contributed by atoms with Gasteiger partial charge in [0.25, 0.3) is 0 Å². The van der Waals surface area contributed by atoms with Gasteiger partial charge in [0.15, 0.2) is 12.4 Å². The van der Waals surface area contributed by atoms with Crippen molar-refractivity contribution in [2.45, 2.75) is 379 Å². The Bertz CT molecular complexity index is 1710. The molecule has 2 unspecified atom stereocenters. The summed E-state index contributed by atoms with van der Waals surface area (Å²) in [6.45, 7) is 4.70. The third-order valence-electron chi connectivity index (χ3n) is 17.2. The van der Waals surface area contributed by atoms with Crippen molar-refractivity contribution in [1.29, 1.82) is 0 Å². The van der Waals surface area contributed by atoms with Crippen LogP contribution >= 0.6 is 0 Å². The number of carbonyl (C=O) groups is 3. The summed E-state index contributed by atoms with van der Waals surface area (Å²) in [7, 11) is 5.95. The minimum atomic E-state index is -1.62. The number of hydrogen-bond acceptors (Lipinski definition) is 8. The standard InChI is InChI=1S/C81H147NO8/c1-6-8-10-12-14-16-18-20-22-24-26-28-30-32-34-36-37-38-39-40-41-42-43-44-46-48-50-52-54-56-58-60-62-64-66-68-70-72-79(84)90-77(76-89-81(80(85)86)87-74-73-82(3,4)5)75-88-78(83)71-69-67-65-63-61-59-57-55-53-51-49-47-45-35-33-31-29-27-25-23-21-19-17-15-13-11-9-7-2/h8,10,14,16,20,22,26,28,32,34,37-38,77,81H,6-7,9,11-13,15,17-19,21,23-25,27,29-31,33,35-36,39-76H2,1-5H3/b10-8-,16-14-,22-20-,28-26-,34-32-,38-37-. The van der Waals surface area contributed by atoms with E-state index in [1.165, 1.54) is 263 Å². The third-order valence-corrected chi connectivity index (χ3v) is 17.2. The predicted molar refractivity (Wildman–Crippen MR) is 385 cm³/mol. The van der Waals surface area contributed by atoms with E-state index in [1.807, 2.05) is 21.1 Å². The maximum Gasteiger partial charge on any atom is 0.306 e. The number of carboxylic acids is 1. The minimum Gasteiger partial charge on any atom is -0.545 e. The maximum atomic E-state index is 13.0. The number of aliphatic carboxylic acids is 1. The first-order chi connectivity index (χ1) is 44.1. The lowest BCUT2D eigenvalue weighted by atomic mass is 10.0. The number of unbranched alkanes of at least 4 members (excludes halogenated alkanes) is 45. The van der Waals surface area contributed by atoms with Crippen molar-refractivity contribution >= 4 is 17.9 Å². The average molecular weight is 1260 g/mol. The van der Waals surface area contributed by atoms with E-state index < -0.39 is 24.3 Å². The molecule has 0 rings (SSSR count). The topological polar surface area (TPSA) is 111 Å². The highest BCUT2D eigenvalue weighted by atomic mass is 16.7. The summed E-state index contributed by atoms with van der Waals surface area (Å²) >= 11 is 0. The first kappa shape index (κ1) is 86.7. The molecule has 9 heteroatoms. The van der Waals surface area contributed by atoms with E-state index in [0.717, 1.165) is 70.6 Å². The van der Waals surface area contributed by atoms with Crippen LogP contribution in [0.4, 0.5) is 0 Å². The van der Waals surface area contributed by atoms with Gasteiger partial charge in [0.1, 0.15) is 13.2 Å². The molecule has 0 saturated carbocycles. The van der Waals surface area contributed by atoms with Crippen LogP contribution in [-0.2, 0) is 33.3 Å². The summed E-state index contributed by atoms with van der Waals surface area (Å²) in [4.78, 5) is 37.6. The van der Waals surface area contributed by atoms with E-state index in [2.05, 4.69) is 86.8 Å². The molecule has 9 nitrogen and oxygen atoms in total. The van der Waals surface area contributed by atoms with E-state index >= 15 is 0 Å². The number of esters is 2. The first-order valence-corrected chi connectivity index (χ1v) is 38.6. The Kier molecular flexibility index (Phi) is 69.0. The molecule has 0 aromatic rings. The van der Waals surface area contributed by atoms with Crippen molar-refractivity contribution < 1.29 is 42.9 Å². The molecule has 0 aliphatic heterocycles. The zero-order chi connectivity index (χ0) is 65.4. The molecule has 0 aromatic carbocycles. The number of quaternary nitrogens is 1. The smallest absolute Gasteiger partial charge is 0.306 e. The summed E-state index contributed by atoms with van der Waals surface area (Å²) in [5.41, 5.74) is 0. The van der Waals surface area contributed by atoms with E-state index in [0.29, 0.717) is 23.9 Å². The van der Waals surface area contributed by atoms with E-state index in [1.54, 1.807) is 0 Å². The van der Waals surface area contributed by atoms with Gasteiger partial charge in [-0.25, -0.2) is 0 Å². The SMILES string of the molecule is CC/C=C\C/C=C\C/C=C\C/C=C\C/C=C\C/C=C\CCCCCCCCCCCCCCCCCCCCC(=O)OC(COC(=O)CCCCCCCCCCCCCCCCCCCCCCCCCCCCCC)COC(OCC[N+](C)(C)C)C(=O)[O-]. The van der Waals surface area contributed by atoms with Gasteiger partial charge in [0.05, 0.1) is 40.3 Å². The van der Waals surface area contributed by atoms with Gasteiger partial charge in [-0.1, -0.05) is 363 Å². The van der Waals surface area contributed by atoms with Crippen LogP contribution in [-0.4, -0.2) is 82.3 Å². The zero-order valence-electron chi connectivity index (χ0n) is 60.0. The van der Waals surface area contributed by atoms with Crippen LogP contribution in [0.5, 0.6) is 0 Å². The highest BCUT2D eigenvalue weighted by Gasteiger charge is 2.22. The molecule has 90 heavy (non-hydrogen) atoms. The lowest BCUT2D eigenvalue weighted by Gasteiger charge is -2.26. The number of hydrogen-bond donors (Lipinski definition) is 0. The summed E-state index contributed by atoms with van der Waals surface area (Å²) in [5, 5.41) is 11.8. The Morgan fingerprint density at radius 2 is 0.633 bits per heavy atom. The second kappa shape index (κ2) is 71.6. The molecule has 0 bridgehead atoms. The second-order valence-corrected chi connectivity index (χ2v) is 27.3. The minimum absolute atomic E-state index is 0.149. The van der Waals surface area contributed by atoms with Crippen LogP contribution in [0.25, 0.3) is 0 Å². The molecule has 0 radical (unpaired) electrons. The van der Waals surface area contributed by atoms with Crippen molar-refractivity contribution in [3.63, 3.8) is 0 Å². The van der Waals surface area contributed by atoms with Crippen LogP contribution in [0.1, 0.15) is 367 Å². The van der Waals surface area contributed by atoms with Gasteiger partial charge in [-0.2, -0.15) is 0 Å². The predicted octanol–water partition coefficient (Wildman–Crippen LogP) is 23.1. The quantitative estimate of drug-likeness (QED) is 0.0195. The van der Waals surface area contributed by atoms with Crippen LogP contribution in [0.3, 0.4) is 0 Å². The fourth-order valence-corrected chi connectivity index (χ4v) is 11.4. The van der Waals surface area contributed by atoms with Gasteiger partial charge in [0.2, 0.25) is 0 Å². The van der Waals surface area contributed by atoms with Crippen LogP contribution in [0.2, 0.25) is 0 Å². The van der Waals surface area contributed by atoms with Crippen molar-refractivity contribution in [2.24, 2.45) is 0 Å². The van der Waals surface area contributed by atoms with Crippen molar-refractivity contribution in [3.05, 3.63) is 72.9 Å². The van der Waals surface area contributed by atoms with E-state index in [-0.39, 0.29) is 32.2 Å². The molecule has 0 spiro atoms. The van der Waals surface area contributed by atoms with Gasteiger partial charge in [0, 0.05) is 12.8 Å². The molecular formula is C81H147NO8. The molecule has 524 valence electrons. The third kappa shape index (κ3) is 72.2. The lowest BCUT2D eigenvalue weighted by molar-refractivity contribution is -0.870. The molecule has 0 fully saturated rings. The highest BCUT2D eigenvalue weighted by Crippen LogP contribution is 2.19. The number of carboxylic acid groups (broad SMARTS) is 1. The zero-order valence-corrected chi connectivity index (χ0v) is 60.0. The molecule has 0 heterocycles. The number of likely N-dealkylation sites (N-methyl/N-ethyl adjacent to an activating group) is 1. The maximum absolute atomic E-state index is 13.0. The van der Waals surface area contributed by atoms with Crippen molar-refractivity contribution in [1.82, 2.24) is 0 Å². The Balaban J connectivity index is 4.01. The monoisotopic (exact) mass is 1260 g/mol. The lowest BCUT2D eigenvalue weighted by Crippen LogP contribution is -2.44. The highest BCUT2D eigenvalue weighted by molar-refractivity contribution is 5.70. The molecule has 0 aromatic heterocycles. The van der Waals surface area contributed by atoms with Gasteiger partial charge in [-0.3, -0.25) is 9.59 Å². The fourth-order valence-electron chi connectivity index (χ4n) is 11.4. The molecule has 0 N–H and O–H groups in total. The van der Waals surface area contributed by atoms with Crippen LogP contribution in [0, 0.1) is 0 Å². The summed E-state index contributed by atoms with van der Waals surface area (Å²) in [5.74, 6) is -2.26. The Labute approximate surface area is 557 Å². The molecule has 0 amide bonds. The van der Waals surface area contributed by atoms with E-state index in [9.17, 15) is 19.5 Å². The van der Waals surface area contributed by atoms with Crippen molar-refractivity contribution in [2.75, 3.05) is 47.5 Å². The second-order valence-electron chi connectivity index (χ2n) is 27.3. The number of allylic oxidation sites excluding steroid dienone is 12. The van der Waals surface area contributed by atoms with Gasteiger partial charge in [-0.05, 0) is 64.2 Å². The van der Waals surface area contributed by atoms with Gasteiger partial charge in [-0.15, -0.1) is 0 Å². The van der Waals surface area contributed by atoms with Crippen LogP contribution < -0.4 is 5.11 Å². The Morgan fingerprint density at radius 3 is 0.944 bits per heavy atom. The number of nitrogens with zero attached hydrogens (tertiary/aromatic N) is 1. The average Bonchev–Trinajstić information content (AvgIpc) is 3.74. The van der Waals surface area contributed by atoms with E-state index in [4.69, 9.17) is 18.9 Å². The normalized spacial score (nSPS) is 13.0. The van der Waals surface area contributed by atoms with Gasteiger partial charge < -0.3 is 33.3 Å². The molecule has 2 atom stereocenters. The molecule has 0 aliphatic carbocycles. The summed E-state index contributed by atoms with van der Waals surface area (Å²) in [6.07, 6.45) is 93.0. The largest absolute Gasteiger partial charge is 0.545 e. The number of ether oxygens (including phenoxy) is 4. The van der Waals surface area contributed by atoms with Gasteiger partial charge >= 0.3 is 11.9 Å². The molecule has 0 aliphatic rings. The Morgan fingerprint density at radius 1 is 0.344 bits per heavy atom. The first-order valence-electron chi connectivity index (χ1n) is 38.6. The molecule has 0 saturated heterocycles. The summed E-state index contributed by atoms with van der Waals surface area (Å²) in [6, 6.07) is 0. The Hall–Kier alpha value is -3.27. The fraction of sp³-hybridized carbons (Fsp3) is 0.815. The van der Waals surface area contributed by atoms with Crippen LogP contribution in [0.15, 0.2) is 72.9 Å².